The highest BCUT2D eigenvalue weighted by molar-refractivity contribution is 7.99. The molecule has 0 saturated carbocycles. The minimum atomic E-state index is -0.0537. The Balaban J connectivity index is 1.54. The van der Waals surface area contributed by atoms with E-state index in [0.717, 1.165) is 29.1 Å². The molecule has 3 rings (SSSR count). The number of thiophene rings is 1. The number of carbonyl (C=O) groups excluding carboxylic acids is 1. The molecule has 0 aliphatic rings. The highest BCUT2D eigenvalue weighted by Crippen LogP contribution is 2.21. The van der Waals surface area contributed by atoms with Gasteiger partial charge in [0, 0.05) is 17.0 Å². The van der Waals surface area contributed by atoms with E-state index >= 15 is 0 Å². The molecular weight excluding hydrogens is 340 g/mol. The number of nitrogens with one attached hydrogen (secondary N) is 2. The van der Waals surface area contributed by atoms with E-state index in [1.165, 1.54) is 16.6 Å². The normalized spacial score (nSPS) is 10.8. The molecule has 5 nitrogen and oxygen atoms in total. The van der Waals surface area contributed by atoms with Crippen LogP contribution in [0.25, 0.3) is 0 Å². The molecule has 2 aromatic heterocycles. The molecule has 0 bridgehead atoms. The highest BCUT2D eigenvalue weighted by atomic mass is 32.2. The van der Waals surface area contributed by atoms with Crippen LogP contribution in [0.5, 0.6) is 0 Å². The van der Waals surface area contributed by atoms with Crippen LogP contribution in [0.15, 0.2) is 40.9 Å². The minimum Gasteiger partial charge on any atom is -0.325 e. The molecule has 1 amide bonds. The summed E-state index contributed by atoms with van der Waals surface area (Å²) < 4.78 is 0. The van der Waals surface area contributed by atoms with Crippen molar-refractivity contribution >= 4 is 34.7 Å². The lowest BCUT2D eigenvalue weighted by atomic mass is 10.1. The topological polar surface area (TPSA) is 70.7 Å². The molecule has 0 unspecified atom stereocenters. The summed E-state index contributed by atoms with van der Waals surface area (Å²) in [4.78, 5) is 17.8. The van der Waals surface area contributed by atoms with Gasteiger partial charge in [-0.25, -0.2) is 4.98 Å². The maximum absolute atomic E-state index is 12.2. The number of aromatic nitrogens is 3. The highest BCUT2D eigenvalue weighted by Gasteiger charge is 2.10. The Morgan fingerprint density at radius 2 is 2.04 bits per heavy atom. The molecule has 0 aliphatic carbocycles. The number of thioether (sulfide) groups is 1. The molecule has 0 atom stereocenters. The number of benzene rings is 1. The summed E-state index contributed by atoms with van der Waals surface area (Å²) in [7, 11) is 0. The Hall–Kier alpha value is -2.12. The molecule has 7 heteroatoms. The third-order valence-electron chi connectivity index (χ3n) is 3.51. The van der Waals surface area contributed by atoms with Gasteiger partial charge in [0.1, 0.15) is 5.82 Å². The van der Waals surface area contributed by atoms with Crippen LogP contribution in [0.4, 0.5) is 5.69 Å². The van der Waals surface area contributed by atoms with Gasteiger partial charge in [-0.2, -0.15) is 0 Å². The molecule has 0 aliphatic heterocycles. The Bertz CT molecular complexity index is 807. The molecular formula is C17H18N4OS2. The van der Waals surface area contributed by atoms with Gasteiger partial charge in [-0.15, -0.1) is 16.4 Å². The van der Waals surface area contributed by atoms with E-state index in [-0.39, 0.29) is 11.7 Å². The zero-order chi connectivity index (χ0) is 16.9. The van der Waals surface area contributed by atoms with Gasteiger partial charge in [-0.3, -0.25) is 9.89 Å². The van der Waals surface area contributed by atoms with Crippen LogP contribution in [0.1, 0.15) is 21.8 Å². The number of aromatic amines is 1. The van der Waals surface area contributed by atoms with Crippen molar-refractivity contribution in [3.8, 4) is 0 Å². The lowest BCUT2D eigenvalue weighted by molar-refractivity contribution is -0.113. The second kappa shape index (κ2) is 7.63. The SMILES string of the molecule is Cc1cccc(C)c1NC(=O)CSc1n[nH]c(Cc2cccs2)n1. The van der Waals surface area contributed by atoms with E-state index in [2.05, 4.69) is 26.6 Å². The van der Waals surface area contributed by atoms with Crippen LogP contribution < -0.4 is 5.32 Å². The van der Waals surface area contributed by atoms with Gasteiger partial charge < -0.3 is 5.32 Å². The lowest BCUT2D eigenvalue weighted by Crippen LogP contribution is -2.15. The number of rotatable bonds is 6. The van der Waals surface area contributed by atoms with Crippen LogP contribution in [-0.4, -0.2) is 26.8 Å². The van der Waals surface area contributed by atoms with Crippen molar-refractivity contribution in [2.45, 2.75) is 25.4 Å². The first-order valence-corrected chi connectivity index (χ1v) is 9.41. The number of H-pyrrole nitrogens is 1. The number of aryl methyl sites for hydroxylation is 2. The minimum absolute atomic E-state index is 0.0537. The molecule has 0 saturated heterocycles. The fourth-order valence-electron chi connectivity index (χ4n) is 2.32. The zero-order valence-corrected chi connectivity index (χ0v) is 15.1. The summed E-state index contributed by atoms with van der Waals surface area (Å²) in [5.74, 6) is 1.04. The van der Waals surface area contributed by atoms with Gasteiger partial charge in [0.2, 0.25) is 11.1 Å². The van der Waals surface area contributed by atoms with Crippen LogP contribution in [-0.2, 0) is 11.2 Å². The van der Waals surface area contributed by atoms with E-state index < -0.39 is 0 Å². The standard InChI is InChI=1S/C17H18N4OS2/c1-11-5-3-6-12(2)16(11)19-15(22)10-24-17-18-14(20-21-17)9-13-7-4-8-23-13/h3-8H,9-10H2,1-2H3,(H,19,22)(H,18,20,21). The summed E-state index contributed by atoms with van der Waals surface area (Å²) in [6.07, 6.45) is 0.736. The van der Waals surface area contributed by atoms with Crippen molar-refractivity contribution in [3.63, 3.8) is 0 Å². The summed E-state index contributed by atoms with van der Waals surface area (Å²) >= 11 is 3.02. The lowest BCUT2D eigenvalue weighted by Gasteiger charge is -2.10. The fraction of sp³-hybridized carbons (Fsp3) is 0.235. The molecule has 0 spiro atoms. The van der Waals surface area contributed by atoms with Crippen LogP contribution in [0.3, 0.4) is 0 Å². The Morgan fingerprint density at radius 1 is 1.25 bits per heavy atom. The van der Waals surface area contributed by atoms with Gasteiger partial charge in [-0.1, -0.05) is 36.0 Å². The van der Waals surface area contributed by atoms with E-state index in [0.29, 0.717) is 5.16 Å². The fourth-order valence-corrected chi connectivity index (χ4v) is 3.64. The Kier molecular flexibility index (Phi) is 5.32. The van der Waals surface area contributed by atoms with Gasteiger partial charge in [0.15, 0.2) is 0 Å². The summed E-state index contributed by atoms with van der Waals surface area (Å²) in [5.41, 5.74) is 3.01. The smallest absolute Gasteiger partial charge is 0.234 e. The molecule has 24 heavy (non-hydrogen) atoms. The molecule has 2 N–H and O–H groups in total. The predicted molar refractivity (Wildman–Crippen MR) is 98.8 cm³/mol. The van der Waals surface area contributed by atoms with Gasteiger partial charge in [0.25, 0.3) is 0 Å². The molecule has 1 aromatic carbocycles. The first-order valence-electron chi connectivity index (χ1n) is 7.54. The van der Waals surface area contributed by atoms with Crippen LogP contribution >= 0.6 is 23.1 Å². The first-order chi connectivity index (χ1) is 11.6. The number of nitrogens with zero attached hydrogens (tertiary/aromatic N) is 2. The average Bonchev–Trinajstić information content (AvgIpc) is 3.21. The summed E-state index contributed by atoms with van der Waals surface area (Å²) in [5, 5.41) is 12.7. The number of carbonyl (C=O) groups is 1. The molecule has 124 valence electrons. The van der Waals surface area contributed by atoms with Crippen LogP contribution in [0.2, 0.25) is 0 Å². The number of para-hydroxylation sites is 1. The second-order valence-corrected chi connectivity index (χ2v) is 7.40. The molecule has 0 fully saturated rings. The predicted octanol–water partition coefficient (Wildman–Crippen LogP) is 3.80. The number of anilines is 1. The Morgan fingerprint density at radius 3 is 2.75 bits per heavy atom. The summed E-state index contributed by atoms with van der Waals surface area (Å²) in [6.45, 7) is 3.98. The largest absolute Gasteiger partial charge is 0.325 e. The van der Waals surface area contributed by atoms with Gasteiger partial charge in [0.05, 0.1) is 5.75 Å². The monoisotopic (exact) mass is 358 g/mol. The van der Waals surface area contributed by atoms with E-state index in [4.69, 9.17) is 0 Å². The third kappa shape index (κ3) is 4.24. The van der Waals surface area contributed by atoms with Crippen molar-refractivity contribution in [1.29, 1.82) is 0 Å². The Labute approximate surface area is 148 Å². The number of hydrogen-bond donors (Lipinski definition) is 2. The summed E-state index contributed by atoms with van der Waals surface area (Å²) in [6, 6.07) is 10.0. The van der Waals surface area contributed by atoms with Crippen molar-refractivity contribution in [3.05, 3.63) is 57.5 Å². The van der Waals surface area contributed by atoms with Crippen molar-refractivity contribution in [2.24, 2.45) is 0 Å². The van der Waals surface area contributed by atoms with E-state index in [1.807, 2.05) is 43.5 Å². The molecule has 2 heterocycles. The second-order valence-electron chi connectivity index (χ2n) is 5.42. The van der Waals surface area contributed by atoms with Crippen molar-refractivity contribution < 1.29 is 4.79 Å². The van der Waals surface area contributed by atoms with Crippen molar-refractivity contribution in [1.82, 2.24) is 15.2 Å². The first kappa shape index (κ1) is 16.7. The number of amides is 1. The van der Waals surface area contributed by atoms with Gasteiger partial charge >= 0.3 is 0 Å². The average molecular weight is 358 g/mol. The van der Waals surface area contributed by atoms with E-state index in [1.54, 1.807) is 11.3 Å². The van der Waals surface area contributed by atoms with Crippen LogP contribution in [0, 0.1) is 13.8 Å². The third-order valence-corrected chi connectivity index (χ3v) is 5.23. The van der Waals surface area contributed by atoms with Crippen molar-refractivity contribution in [2.75, 3.05) is 11.1 Å². The quantitative estimate of drug-likeness (QED) is 0.658. The zero-order valence-electron chi connectivity index (χ0n) is 13.5. The maximum Gasteiger partial charge on any atom is 0.234 e. The van der Waals surface area contributed by atoms with E-state index in [9.17, 15) is 4.79 Å². The molecule has 3 aromatic rings. The molecule has 0 radical (unpaired) electrons. The van der Waals surface area contributed by atoms with Gasteiger partial charge in [-0.05, 0) is 36.4 Å². The number of hydrogen-bond acceptors (Lipinski definition) is 5. The maximum atomic E-state index is 12.2.